The summed E-state index contributed by atoms with van der Waals surface area (Å²) in [5.41, 5.74) is 4.63. The third-order valence-electron chi connectivity index (χ3n) is 2.53. The minimum absolute atomic E-state index is 1.04. The topological polar surface area (TPSA) is 12.0 Å². The average Bonchev–Trinajstić information content (AvgIpc) is 2.29. The summed E-state index contributed by atoms with van der Waals surface area (Å²) in [5, 5.41) is 3.07. The van der Waals surface area contributed by atoms with E-state index in [9.17, 15) is 0 Å². The van der Waals surface area contributed by atoms with Crippen molar-refractivity contribution in [2.24, 2.45) is 0 Å². The molecule has 0 saturated heterocycles. The average molecular weight is 213 g/mol. The van der Waals surface area contributed by atoms with Crippen LogP contribution in [0.25, 0.3) is 5.57 Å². The Hall–Kier alpha value is -1.76. The summed E-state index contributed by atoms with van der Waals surface area (Å²) < 4.78 is 0. The van der Waals surface area contributed by atoms with Gasteiger partial charge in [-0.3, -0.25) is 0 Å². The van der Waals surface area contributed by atoms with Crippen LogP contribution < -0.4 is 5.32 Å². The quantitative estimate of drug-likeness (QED) is 0.752. The molecule has 0 radical (unpaired) electrons. The molecule has 0 aliphatic rings. The van der Waals surface area contributed by atoms with Crippen LogP contribution >= 0.6 is 0 Å². The van der Waals surface area contributed by atoms with E-state index >= 15 is 0 Å². The van der Waals surface area contributed by atoms with Crippen molar-refractivity contribution in [3.63, 3.8) is 0 Å². The molecule has 0 bridgehead atoms. The summed E-state index contributed by atoms with van der Waals surface area (Å²) in [6.45, 7) is 8.20. The van der Waals surface area contributed by atoms with Crippen molar-refractivity contribution in [3.8, 4) is 0 Å². The summed E-state index contributed by atoms with van der Waals surface area (Å²) in [6, 6.07) is 8.27. The van der Waals surface area contributed by atoms with Gasteiger partial charge in [-0.1, -0.05) is 43.0 Å². The Morgan fingerprint density at radius 1 is 1.31 bits per heavy atom. The molecule has 0 heterocycles. The Labute approximate surface area is 98.2 Å². The summed E-state index contributed by atoms with van der Waals surface area (Å²) in [6.07, 6.45) is 6.08. The van der Waals surface area contributed by atoms with E-state index in [4.69, 9.17) is 0 Å². The highest BCUT2D eigenvalue weighted by atomic mass is 14.8. The Morgan fingerprint density at radius 2 is 2.00 bits per heavy atom. The van der Waals surface area contributed by atoms with Crippen molar-refractivity contribution in [2.75, 3.05) is 7.05 Å². The van der Waals surface area contributed by atoms with Crippen molar-refractivity contribution >= 4 is 5.57 Å². The van der Waals surface area contributed by atoms with Gasteiger partial charge >= 0.3 is 0 Å². The Morgan fingerprint density at radius 3 is 2.62 bits per heavy atom. The first kappa shape index (κ1) is 12.3. The van der Waals surface area contributed by atoms with E-state index in [1.807, 2.05) is 44.3 Å². The van der Waals surface area contributed by atoms with E-state index < -0.39 is 0 Å². The second kappa shape index (κ2) is 5.96. The minimum Gasteiger partial charge on any atom is -0.392 e. The molecule has 16 heavy (non-hydrogen) atoms. The molecule has 0 unspecified atom stereocenters. The molecular formula is C15H19N. The molecule has 0 atom stereocenters. The normalized spacial score (nSPS) is 11.8. The summed E-state index contributed by atoms with van der Waals surface area (Å²) in [7, 11) is 1.91. The van der Waals surface area contributed by atoms with Gasteiger partial charge in [-0.2, -0.15) is 0 Å². The van der Waals surface area contributed by atoms with Gasteiger partial charge in [-0.25, -0.2) is 0 Å². The number of aryl methyl sites for hydroxylation is 1. The molecule has 1 aromatic rings. The lowest BCUT2D eigenvalue weighted by molar-refractivity contribution is 0.990. The second-order valence-corrected chi connectivity index (χ2v) is 3.80. The zero-order valence-corrected chi connectivity index (χ0v) is 10.2. The predicted octanol–water partition coefficient (Wildman–Crippen LogP) is 3.69. The molecule has 0 saturated carbocycles. The highest BCUT2D eigenvalue weighted by Crippen LogP contribution is 2.17. The van der Waals surface area contributed by atoms with Crippen LogP contribution in [0.3, 0.4) is 0 Å². The fourth-order valence-corrected chi connectivity index (χ4v) is 1.41. The van der Waals surface area contributed by atoms with Gasteiger partial charge in [-0.05, 0) is 36.6 Å². The number of rotatable bonds is 4. The fraction of sp³-hybridized carbons (Fsp3) is 0.200. The lowest BCUT2D eigenvalue weighted by atomic mass is 10.0. The molecular weight excluding hydrogens is 194 g/mol. The first-order valence-corrected chi connectivity index (χ1v) is 5.42. The molecule has 1 N–H and O–H groups in total. The first-order chi connectivity index (χ1) is 7.65. The molecule has 1 heteroatoms. The Kier molecular flexibility index (Phi) is 4.59. The number of allylic oxidation sites excluding steroid dienone is 5. The lowest BCUT2D eigenvalue weighted by Gasteiger charge is -2.04. The molecule has 1 aromatic carbocycles. The highest BCUT2D eigenvalue weighted by molar-refractivity contribution is 5.74. The first-order valence-electron chi connectivity index (χ1n) is 5.42. The Bertz CT molecular complexity index is 425. The summed E-state index contributed by atoms with van der Waals surface area (Å²) in [4.78, 5) is 0. The van der Waals surface area contributed by atoms with Gasteiger partial charge in [0.2, 0.25) is 0 Å². The van der Waals surface area contributed by atoms with Crippen molar-refractivity contribution in [3.05, 3.63) is 65.9 Å². The number of nitrogens with one attached hydrogen (secondary N) is 1. The molecule has 84 valence electrons. The van der Waals surface area contributed by atoms with Gasteiger partial charge < -0.3 is 5.32 Å². The van der Waals surface area contributed by atoms with Gasteiger partial charge in [0, 0.05) is 12.7 Å². The van der Waals surface area contributed by atoms with Crippen LogP contribution in [0.5, 0.6) is 0 Å². The van der Waals surface area contributed by atoms with Gasteiger partial charge in [0.05, 0.1) is 0 Å². The maximum atomic E-state index is 4.07. The Balaban J connectivity index is 2.78. The van der Waals surface area contributed by atoms with E-state index in [0.717, 1.165) is 11.3 Å². The van der Waals surface area contributed by atoms with Crippen LogP contribution in [0.2, 0.25) is 0 Å². The monoisotopic (exact) mass is 213 g/mol. The second-order valence-electron chi connectivity index (χ2n) is 3.80. The summed E-state index contributed by atoms with van der Waals surface area (Å²) >= 11 is 0. The van der Waals surface area contributed by atoms with E-state index in [0.29, 0.717) is 0 Å². The van der Waals surface area contributed by atoms with E-state index in [-0.39, 0.29) is 0 Å². The molecule has 1 nitrogen and oxygen atoms in total. The van der Waals surface area contributed by atoms with E-state index in [1.165, 1.54) is 11.1 Å². The van der Waals surface area contributed by atoms with Gasteiger partial charge in [0.15, 0.2) is 0 Å². The lowest BCUT2D eigenvalue weighted by Crippen LogP contribution is -2.00. The molecule has 0 aliphatic heterocycles. The molecule has 0 fully saturated rings. The molecule has 0 spiro atoms. The maximum Gasteiger partial charge on any atom is 0.00724 e. The zero-order valence-electron chi connectivity index (χ0n) is 10.2. The molecule has 0 aromatic heterocycles. The van der Waals surface area contributed by atoms with Crippen molar-refractivity contribution in [1.29, 1.82) is 0 Å². The van der Waals surface area contributed by atoms with Crippen LogP contribution in [-0.2, 0) is 0 Å². The van der Waals surface area contributed by atoms with Crippen LogP contribution in [-0.4, -0.2) is 7.05 Å². The smallest absolute Gasteiger partial charge is 0.00724 e. The van der Waals surface area contributed by atoms with Gasteiger partial charge in [-0.15, -0.1) is 0 Å². The minimum atomic E-state index is 1.04. The van der Waals surface area contributed by atoms with Gasteiger partial charge in [0.1, 0.15) is 0 Å². The van der Waals surface area contributed by atoms with E-state index in [1.54, 1.807) is 0 Å². The zero-order chi connectivity index (χ0) is 12.0. The van der Waals surface area contributed by atoms with Crippen LogP contribution in [0.15, 0.2) is 54.8 Å². The van der Waals surface area contributed by atoms with Crippen molar-refractivity contribution in [1.82, 2.24) is 5.32 Å². The third kappa shape index (κ3) is 3.43. The SMILES string of the molecule is C=C(/C=C\C=C(\C)NC)c1ccccc1C. The third-order valence-corrected chi connectivity index (χ3v) is 2.53. The van der Waals surface area contributed by atoms with Crippen molar-refractivity contribution in [2.45, 2.75) is 13.8 Å². The van der Waals surface area contributed by atoms with Crippen LogP contribution in [0, 0.1) is 6.92 Å². The predicted molar refractivity (Wildman–Crippen MR) is 72.2 cm³/mol. The standard InChI is InChI=1S/C15H19N/c1-12-8-5-6-11-15(12)13(2)9-7-10-14(3)16-4/h5-11,16H,2H2,1,3-4H3/b9-7-,14-10-. The number of hydrogen-bond acceptors (Lipinski definition) is 1. The number of benzene rings is 1. The van der Waals surface area contributed by atoms with Crippen LogP contribution in [0.4, 0.5) is 0 Å². The molecule has 1 rings (SSSR count). The molecule has 0 aliphatic carbocycles. The fourth-order valence-electron chi connectivity index (χ4n) is 1.41. The van der Waals surface area contributed by atoms with Crippen molar-refractivity contribution < 1.29 is 0 Å². The van der Waals surface area contributed by atoms with E-state index in [2.05, 4.69) is 31.0 Å². The highest BCUT2D eigenvalue weighted by Gasteiger charge is 1.97. The van der Waals surface area contributed by atoms with Gasteiger partial charge in [0.25, 0.3) is 0 Å². The maximum absolute atomic E-state index is 4.07. The van der Waals surface area contributed by atoms with Crippen LogP contribution in [0.1, 0.15) is 18.1 Å². The largest absolute Gasteiger partial charge is 0.392 e. The number of hydrogen-bond donors (Lipinski definition) is 1. The molecule has 0 amide bonds. The summed E-state index contributed by atoms with van der Waals surface area (Å²) in [5.74, 6) is 0.